The average Bonchev–Trinajstić information content (AvgIpc) is 2.27. The predicted molar refractivity (Wildman–Crippen MR) is 74.4 cm³/mol. The van der Waals surface area contributed by atoms with Gasteiger partial charge in [0.25, 0.3) is 5.91 Å². The van der Waals surface area contributed by atoms with E-state index >= 15 is 0 Å². The first-order valence-electron chi connectivity index (χ1n) is 4.99. The Kier molecular flexibility index (Phi) is 5.75. The molecule has 0 aromatic heterocycles. The molecule has 0 saturated heterocycles. The Morgan fingerprint density at radius 1 is 1.53 bits per heavy atom. The van der Waals surface area contributed by atoms with Gasteiger partial charge in [-0.15, -0.1) is 18.2 Å². The smallest absolute Gasteiger partial charge is 0.251 e. The van der Waals surface area contributed by atoms with E-state index in [1.807, 2.05) is 0 Å². The molecule has 1 amide bonds. The molecule has 0 heterocycles. The molecule has 0 aliphatic rings. The molecule has 0 radical (unpaired) electrons. The van der Waals surface area contributed by atoms with Gasteiger partial charge in [-0.2, -0.15) is 0 Å². The van der Waals surface area contributed by atoms with Crippen LogP contribution in [0.5, 0.6) is 0 Å². The maximum atomic E-state index is 11.7. The van der Waals surface area contributed by atoms with E-state index in [0.29, 0.717) is 28.6 Å². The predicted octanol–water partition coefficient (Wildman–Crippen LogP) is 2.02. The third kappa shape index (κ3) is 5.03. The topological polar surface area (TPSA) is 55.1 Å². The second kappa shape index (κ2) is 7.10. The Morgan fingerprint density at radius 3 is 2.94 bits per heavy atom. The summed E-state index contributed by atoms with van der Waals surface area (Å²) in [6.45, 7) is 0.567. The molecule has 0 unspecified atom stereocenters. The number of nitrogen functional groups attached to an aromatic ring is 1. The fourth-order valence-electron chi connectivity index (χ4n) is 1.21. The molecule has 0 fully saturated rings. The number of nitrogens with one attached hydrogen (secondary N) is 1. The van der Waals surface area contributed by atoms with Gasteiger partial charge in [-0.05, 0) is 18.2 Å². The van der Waals surface area contributed by atoms with Crippen molar-refractivity contribution in [2.45, 2.75) is 0 Å². The summed E-state index contributed by atoms with van der Waals surface area (Å²) in [7, 11) is 0. The summed E-state index contributed by atoms with van der Waals surface area (Å²) in [5.74, 6) is 3.78. The van der Waals surface area contributed by atoms with Crippen LogP contribution in [0.15, 0.2) is 18.2 Å². The van der Waals surface area contributed by atoms with E-state index < -0.39 is 0 Å². The van der Waals surface area contributed by atoms with Crippen molar-refractivity contribution in [2.75, 3.05) is 23.8 Å². The maximum Gasteiger partial charge on any atom is 0.251 e. The number of amides is 1. The zero-order valence-corrected chi connectivity index (χ0v) is 10.8. The molecule has 0 spiro atoms. The monoisotopic (exact) mass is 268 g/mol. The van der Waals surface area contributed by atoms with Crippen molar-refractivity contribution in [2.24, 2.45) is 0 Å². The van der Waals surface area contributed by atoms with Crippen LogP contribution in [-0.4, -0.2) is 24.0 Å². The van der Waals surface area contributed by atoms with Crippen LogP contribution < -0.4 is 11.1 Å². The minimum absolute atomic E-state index is 0.180. The molecule has 0 aliphatic carbocycles. The van der Waals surface area contributed by atoms with Crippen LogP contribution in [0.1, 0.15) is 10.4 Å². The lowest BCUT2D eigenvalue weighted by Gasteiger charge is -2.05. The molecule has 1 aromatic carbocycles. The highest BCUT2D eigenvalue weighted by Gasteiger charge is 2.06. The number of benzene rings is 1. The number of anilines is 1. The maximum absolute atomic E-state index is 11.7. The van der Waals surface area contributed by atoms with Gasteiger partial charge in [-0.1, -0.05) is 17.5 Å². The molecule has 1 aromatic rings. The number of hydrogen-bond acceptors (Lipinski definition) is 3. The van der Waals surface area contributed by atoms with Gasteiger partial charge in [-0.25, -0.2) is 0 Å². The molecular formula is C12H13ClN2OS. The normalized spacial score (nSPS) is 9.65. The molecule has 17 heavy (non-hydrogen) atoms. The van der Waals surface area contributed by atoms with Gasteiger partial charge in [0.05, 0.1) is 5.75 Å². The molecule has 3 N–H and O–H groups in total. The fraction of sp³-hybridized carbons (Fsp3) is 0.250. The van der Waals surface area contributed by atoms with E-state index in [0.717, 1.165) is 5.75 Å². The third-order valence-corrected chi connectivity index (χ3v) is 2.98. The Hall–Kier alpha value is -1.31. The van der Waals surface area contributed by atoms with E-state index in [1.165, 1.54) is 0 Å². The lowest BCUT2D eigenvalue weighted by Crippen LogP contribution is -2.25. The van der Waals surface area contributed by atoms with Gasteiger partial charge in [0.2, 0.25) is 0 Å². The second-order valence-corrected chi connectivity index (χ2v) is 4.83. The van der Waals surface area contributed by atoms with Crippen LogP contribution in [-0.2, 0) is 0 Å². The summed E-state index contributed by atoms with van der Waals surface area (Å²) < 4.78 is 0. The summed E-state index contributed by atoms with van der Waals surface area (Å²) >= 11 is 7.41. The number of carbonyl (C=O) groups is 1. The molecule has 0 saturated carbocycles. The highest BCUT2D eigenvalue weighted by Crippen LogP contribution is 2.16. The lowest BCUT2D eigenvalue weighted by molar-refractivity contribution is 0.0956. The van der Waals surface area contributed by atoms with Crippen molar-refractivity contribution in [3.05, 3.63) is 28.8 Å². The molecule has 5 heteroatoms. The number of hydrogen-bond donors (Lipinski definition) is 2. The second-order valence-electron chi connectivity index (χ2n) is 3.29. The molecule has 90 valence electrons. The summed E-state index contributed by atoms with van der Waals surface area (Å²) in [4.78, 5) is 11.7. The standard InChI is InChI=1S/C12H13ClN2OS/c1-2-4-17-5-3-15-12(16)9-6-10(13)8-11(14)7-9/h1,6-8H,3-5,14H2,(H,15,16). The number of halogens is 1. The minimum Gasteiger partial charge on any atom is -0.399 e. The van der Waals surface area contributed by atoms with Crippen molar-refractivity contribution in [3.8, 4) is 12.3 Å². The van der Waals surface area contributed by atoms with Crippen molar-refractivity contribution in [1.29, 1.82) is 0 Å². The van der Waals surface area contributed by atoms with E-state index in [4.69, 9.17) is 23.8 Å². The highest BCUT2D eigenvalue weighted by atomic mass is 35.5. The summed E-state index contributed by atoms with van der Waals surface area (Å²) in [6.07, 6.45) is 5.11. The number of terminal acetylenes is 1. The molecule has 1 rings (SSSR count). The zero-order valence-electron chi connectivity index (χ0n) is 9.20. The van der Waals surface area contributed by atoms with Crippen LogP contribution in [0.25, 0.3) is 0 Å². The number of nitrogens with two attached hydrogens (primary N) is 1. The van der Waals surface area contributed by atoms with Gasteiger partial charge in [0.15, 0.2) is 0 Å². The summed E-state index contributed by atoms with van der Waals surface area (Å²) in [6, 6.07) is 4.78. The quantitative estimate of drug-likeness (QED) is 0.488. The molecule has 3 nitrogen and oxygen atoms in total. The first kappa shape index (κ1) is 13.8. The van der Waals surface area contributed by atoms with Crippen LogP contribution in [0.3, 0.4) is 0 Å². The lowest BCUT2D eigenvalue weighted by atomic mass is 10.2. The zero-order chi connectivity index (χ0) is 12.7. The minimum atomic E-state index is -0.180. The van der Waals surface area contributed by atoms with E-state index in [9.17, 15) is 4.79 Å². The van der Waals surface area contributed by atoms with Crippen LogP contribution in [0.2, 0.25) is 5.02 Å². The van der Waals surface area contributed by atoms with Crippen molar-refractivity contribution in [1.82, 2.24) is 5.32 Å². The van der Waals surface area contributed by atoms with Gasteiger partial charge in [0.1, 0.15) is 0 Å². The van der Waals surface area contributed by atoms with Crippen molar-refractivity contribution in [3.63, 3.8) is 0 Å². The van der Waals surface area contributed by atoms with Gasteiger partial charge in [0, 0.05) is 28.6 Å². The number of thioether (sulfide) groups is 1. The summed E-state index contributed by atoms with van der Waals surface area (Å²) in [5.41, 5.74) is 6.55. The number of carbonyl (C=O) groups excluding carboxylic acids is 1. The van der Waals surface area contributed by atoms with Crippen LogP contribution >= 0.6 is 23.4 Å². The van der Waals surface area contributed by atoms with Crippen LogP contribution in [0, 0.1) is 12.3 Å². The Bertz CT molecular complexity index is 422. The summed E-state index contributed by atoms with van der Waals surface area (Å²) in [5, 5.41) is 3.23. The van der Waals surface area contributed by atoms with Crippen LogP contribution in [0.4, 0.5) is 5.69 Å². The third-order valence-electron chi connectivity index (χ3n) is 1.90. The SMILES string of the molecule is C#CCSCCNC(=O)c1cc(N)cc(Cl)c1. The Labute approximate surface area is 110 Å². The van der Waals surface area contributed by atoms with Crippen molar-refractivity contribution >= 4 is 35.0 Å². The molecule has 0 atom stereocenters. The molecule has 0 bridgehead atoms. The first-order valence-corrected chi connectivity index (χ1v) is 6.52. The molecule has 0 aliphatic heterocycles. The largest absolute Gasteiger partial charge is 0.399 e. The van der Waals surface area contributed by atoms with Gasteiger partial charge >= 0.3 is 0 Å². The van der Waals surface area contributed by atoms with E-state index in [-0.39, 0.29) is 5.91 Å². The fourth-order valence-corrected chi connectivity index (χ4v) is 1.97. The Balaban J connectivity index is 2.44. The first-order chi connectivity index (χ1) is 8.13. The van der Waals surface area contributed by atoms with Crippen molar-refractivity contribution < 1.29 is 4.79 Å². The Morgan fingerprint density at radius 2 is 2.29 bits per heavy atom. The highest BCUT2D eigenvalue weighted by molar-refractivity contribution is 7.99. The average molecular weight is 269 g/mol. The molecular weight excluding hydrogens is 256 g/mol. The van der Waals surface area contributed by atoms with E-state index in [1.54, 1.807) is 30.0 Å². The van der Waals surface area contributed by atoms with Gasteiger partial charge in [-0.3, -0.25) is 4.79 Å². The van der Waals surface area contributed by atoms with E-state index in [2.05, 4.69) is 11.2 Å². The number of rotatable bonds is 5. The van der Waals surface area contributed by atoms with Gasteiger partial charge < -0.3 is 11.1 Å².